The van der Waals surface area contributed by atoms with Gasteiger partial charge in [-0.05, 0) is 23.8 Å². The highest BCUT2D eigenvalue weighted by Gasteiger charge is 2.26. The summed E-state index contributed by atoms with van der Waals surface area (Å²) in [7, 11) is 0. The van der Waals surface area contributed by atoms with E-state index in [0.29, 0.717) is 21.5 Å². The largest absolute Gasteiger partial charge is 0.480 e. The Morgan fingerprint density at radius 1 is 1.16 bits per heavy atom. The average Bonchev–Trinajstić information content (AvgIpc) is 3.44. The maximum atomic E-state index is 12.2. The van der Waals surface area contributed by atoms with Crippen molar-refractivity contribution in [3.63, 3.8) is 0 Å². The Hall–Kier alpha value is -3.44. The number of fused-ring (bicyclic) bond motifs is 1. The Morgan fingerprint density at radius 3 is 2.72 bits per heavy atom. The molecule has 0 radical (unpaired) electrons. The second kappa shape index (κ2) is 9.79. The van der Waals surface area contributed by atoms with E-state index in [0.717, 1.165) is 15.8 Å². The Bertz CT molecular complexity index is 1200. The summed E-state index contributed by atoms with van der Waals surface area (Å²) in [6.07, 6.45) is -0.680. The number of thioether (sulfide) groups is 1. The summed E-state index contributed by atoms with van der Waals surface area (Å²) in [5.74, 6) is -0.954. The first-order chi connectivity index (χ1) is 15.5. The number of hydrogen-bond acceptors (Lipinski definition) is 8. The highest BCUT2D eigenvalue weighted by molar-refractivity contribution is 8.15. The molecule has 1 aliphatic rings. The van der Waals surface area contributed by atoms with Gasteiger partial charge in [0.05, 0.1) is 10.2 Å². The molecule has 0 aliphatic carbocycles. The zero-order chi connectivity index (χ0) is 22.5. The molecule has 0 saturated carbocycles. The Balaban J connectivity index is 1.31. The lowest BCUT2D eigenvalue weighted by Crippen LogP contribution is -2.33. The molecule has 0 unspecified atom stereocenters. The predicted octanol–water partition coefficient (Wildman–Crippen LogP) is 3.11. The van der Waals surface area contributed by atoms with Gasteiger partial charge in [0, 0.05) is 11.4 Å². The number of carboxylic acid groups (broad SMARTS) is 1. The maximum Gasteiger partial charge on any atom is 0.407 e. The van der Waals surface area contributed by atoms with Crippen molar-refractivity contribution in [2.75, 3.05) is 17.6 Å². The molecule has 11 heteroatoms. The number of anilines is 1. The molecule has 0 bridgehead atoms. The molecular formula is C21H18N4O5S2. The van der Waals surface area contributed by atoms with E-state index in [9.17, 15) is 14.4 Å². The molecule has 1 aromatic heterocycles. The van der Waals surface area contributed by atoms with Crippen LogP contribution in [-0.2, 0) is 20.9 Å². The van der Waals surface area contributed by atoms with Gasteiger partial charge in [0.25, 0.3) is 0 Å². The van der Waals surface area contributed by atoms with Crippen LogP contribution in [0, 0.1) is 0 Å². The SMILES string of the molecule is O=C(CNC(=O)OCc1ccccc1)Nc1ccc2nc(C3=N[C@@H](C(=O)O)CS3)sc2c1. The molecule has 2 aromatic carbocycles. The summed E-state index contributed by atoms with van der Waals surface area (Å²) in [5, 5.41) is 15.5. The summed E-state index contributed by atoms with van der Waals surface area (Å²) in [4.78, 5) is 43.7. The van der Waals surface area contributed by atoms with Gasteiger partial charge in [0.15, 0.2) is 6.04 Å². The van der Waals surface area contributed by atoms with Crippen LogP contribution in [0.5, 0.6) is 0 Å². The number of aromatic nitrogens is 1. The smallest absolute Gasteiger partial charge is 0.407 e. The zero-order valence-corrected chi connectivity index (χ0v) is 18.2. The molecule has 1 atom stereocenters. The minimum atomic E-state index is -0.948. The number of thiazole rings is 1. The van der Waals surface area contributed by atoms with E-state index in [1.54, 1.807) is 18.2 Å². The molecule has 2 amide bonds. The molecule has 1 aliphatic heterocycles. The van der Waals surface area contributed by atoms with Crippen molar-refractivity contribution in [1.29, 1.82) is 0 Å². The van der Waals surface area contributed by atoms with Crippen LogP contribution < -0.4 is 10.6 Å². The third-order valence-electron chi connectivity index (χ3n) is 4.40. The van der Waals surface area contributed by atoms with E-state index in [4.69, 9.17) is 9.84 Å². The first kappa shape index (κ1) is 21.8. The minimum absolute atomic E-state index is 0.120. The van der Waals surface area contributed by atoms with E-state index in [-0.39, 0.29) is 13.2 Å². The number of carbonyl (C=O) groups excluding carboxylic acids is 2. The van der Waals surface area contributed by atoms with Crippen molar-refractivity contribution in [3.8, 4) is 0 Å². The number of hydrogen-bond donors (Lipinski definition) is 3. The first-order valence-corrected chi connectivity index (χ1v) is 11.4. The number of nitrogens with one attached hydrogen (secondary N) is 2. The Morgan fingerprint density at radius 2 is 1.97 bits per heavy atom. The highest BCUT2D eigenvalue weighted by Crippen LogP contribution is 2.31. The number of rotatable bonds is 7. The molecule has 2 heterocycles. The van der Waals surface area contributed by atoms with Crippen LogP contribution in [0.15, 0.2) is 53.5 Å². The molecule has 4 rings (SSSR count). The second-order valence-electron chi connectivity index (χ2n) is 6.76. The Kier molecular flexibility index (Phi) is 6.66. The summed E-state index contributed by atoms with van der Waals surface area (Å²) < 4.78 is 5.90. The van der Waals surface area contributed by atoms with E-state index < -0.39 is 24.0 Å². The second-order valence-corrected chi connectivity index (χ2v) is 8.80. The molecule has 32 heavy (non-hydrogen) atoms. The van der Waals surface area contributed by atoms with E-state index >= 15 is 0 Å². The normalized spacial score (nSPS) is 15.2. The highest BCUT2D eigenvalue weighted by atomic mass is 32.2. The lowest BCUT2D eigenvalue weighted by molar-refractivity contribution is -0.137. The maximum absolute atomic E-state index is 12.2. The molecule has 0 fully saturated rings. The van der Waals surface area contributed by atoms with Crippen molar-refractivity contribution in [2.45, 2.75) is 12.6 Å². The van der Waals surface area contributed by atoms with Crippen molar-refractivity contribution in [2.24, 2.45) is 4.99 Å². The van der Waals surface area contributed by atoms with Crippen LogP contribution in [0.1, 0.15) is 10.6 Å². The number of carbonyl (C=O) groups is 3. The fraction of sp³-hybridized carbons (Fsp3) is 0.190. The van der Waals surface area contributed by atoms with Crippen LogP contribution in [0.3, 0.4) is 0 Å². The van der Waals surface area contributed by atoms with E-state index in [1.807, 2.05) is 30.3 Å². The standard InChI is InChI=1S/C21H18N4O5S2/c26-17(9-22-21(29)30-10-12-4-2-1-3-5-12)23-13-6-7-14-16(8-13)32-19(24-14)18-25-15(11-31-18)20(27)28/h1-8,15H,9-11H2,(H,22,29)(H,23,26)(H,27,28)/t15-/m1/s1. The van der Waals surface area contributed by atoms with Crippen LogP contribution in [0.25, 0.3) is 10.2 Å². The van der Waals surface area contributed by atoms with Gasteiger partial charge in [-0.2, -0.15) is 0 Å². The van der Waals surface area contributed by atoms with E-state index in [1.165, 1.54) is 23.1 Å². The number of nitrogens with zero attached hydrogens (tertiary/aromatic N) is 2. The van der Waals surface area contributed by atoms with Crippen molar-refractivity contribution in [3.05, 3.63) is 59.1 Å². The molecule has 0 spiro atoms. The summed E-state index contributed by atoms with van der Waals surface area (Å²) in [6, 6.07) is 13.7. The number of carboxylic acids is 1. The number of alkyl carbamates (subject to hydrolysis) is 1. The lowest BCUT2D eigenvalue weighted by atomic mass is 10.2. The third kappa shape index (κ3) is 5.42. The minimum Gasteiger partial charge on any atom is -0.480 e. The number of aliphatic carboxylic acids is 1. The zero-order valence-electron chi connectivity index (χ0n) is 16.6. The molecule has 3 N–H and O–H groups in total. The van der Waals surface area contributed by atoms with Crippen molar-refractivity contribution < 1.29 is 24.2 Å². The molecule has 0 saturated heterocycles. The fourth-order valence-electron chi connectivity index (χ4n) is 2.84. The van der Waals surface area contributed by atoms with Crippen molar-refractivity contribution in [1.82, 2.24) is 10.3 Å². The number of ether oxygens (including phenoxy) is 1. The monoisotopic (exact) mass is 470 g/mol. The van der Waals surface area contributed by atoms with Crippen LogP contribution in [-0.4, -0.2) is 51.4 Å². The summed E-state index contributed by atoms with van der Waals surface area (Å²) in [6.45, 7) is -0.112. The third-order valence-corrected chi connectivity index (χ3v) is 6.61. The van der Waals surface area contributed by atoms with Gasteiger partial charge in [-0.1, -0.05) is 30.3 Å². The number of benzene rings is 2. The Labute approximate surface area is 190 Å². The number of aliphatic imine (C=N–C) groups is 1. The summed E-state index contributed by atoms with van der Waals surface area (Å²) >= 11 is 2.74. The van der Waals surface area contributed by atoms with Gasteiger partial charge < -0.3 is 20.5 Å². The van der Waals surface area contributed by atoms with Gasteiger partial charge in [-0.15, -0.1) is 23.1 Å². The average molecular weight is 471 g/mol. The first-order valence-electron chi connectivity index (χ1n) is 9.57. The predicted molar refractivity (Wildman–Crippen MR) is 123 cm³/mol. The topological polar surface area (TPSA) is 130 Å². The van der Waals surface area contributed by atoms with E-state index in [2.05, 4.69) is 20.6 Å². The van der Waals surface area contributed by atoms with Crippen LogP contribution >= 0.6 is 23.1 Å². The van der Waals surface area contributed by atoms with Gasteiger partial charge in [0.2, 0.25) is 5.91 Å². The van der Waals surface area contributed by atoms with Gasteiger partial charge >= 0.3 is 12.1 Å². The van der Waals surface area contributed by atoms with Crippen molar-refractivity contribution >= 4 is 62.0 Å². The van der Waals surface area contributed by atoms with Crippen LogP contribution in [0.4, 0.5) is 10.5 Å². The summed E-state index contributed by atoms with van der Waals surface area (Å²) in [5.41, 5.74) is 2.14. The quantitative estimate of drug-likeness (QED) is 0.484. The molecule has 164 valence electrons. The van der Waals surface area contributed by atoms with Gasteiger partial charge in [-0.25, -0.2) is 14.6 Å². The molecule has 9 nitrogen and oxygen atoms in total. The van der Waals surface area contributed by atoms with Gasteiger partial charge in [0.1, 0.15) is 23.2 Å². The molecule has 3 aromatic rings. The van der Waals surface area contributed by atoms with Gasteiger partial charge in [-0.3, -0.25) is 9.79 Å². The lowest BCUT2D eigenvalue weighted by Gasteiger charge is -2.08. The molecular weight excluding hydrogens is 452 g/mol. The number of amides is 2. The van der Waals surface area contributed by atoms with Crippen LogP contribution in [0.2, 0.25) is 0 Å². The fourth-order valence-corrected chi connectivity index (χ4v) is 4.95.